The lowest BCUT2D eigenvalue weighted by Gasteiger charge is -2.01. The second-order valence-electron chi connectivity index (χ2n) is 2.40. The number of carbonyl (C=O) groups is 1. The van der Waals surface area contributed by atoms with Crippen molar-refractivity contribution in [2.45, 2.75) is 4.90 Å². The lowest BCUT2D eigenvalue weighted by Crippen LogP contribution is -1.95. The summed E-state index contributed by atoms with van der Waals surface area (Å²) in [6.07, 6.45) is 0.129. The second kappa shape index (κ2) is 3.55. The van der Waals surface area contributed by atoms with Gasteiger partial charge in [0.2, 0.25) is 0 Å². The van der Waals surface area contributed by atoms with Gasteiger partial charge in [-0.1, -0.05) is 0 Å². The maximum absolute atomic E-state index is 12.8. The molecule has 0 aliphatic carbocycles. The number of benzene rings is 1. The zero-order chi connectivity index (χ0) is 10.9. The molecule has 0 heterocycles. The van der Waals surface area contributed by atoms with Crippen molar-refractivity contribution in [3.05, 3.63) is 23.5 Å². The summed E-state index contributed by atoms with van der Waals surface area (Å²) in [5.74, 6) is -2.11. The van der Waals surface area contributed by atoms with E-state index in [1.54, 1.807) is 0 Å². The van der Waals surface area contributed by atoms with Gasteiger partial charge in [0.1, 0.15) is 0 Å². The number of rotatable bonds is 2. The van der Waals surface area contributed by atoms with Gasteiger partial charge in [0.25, 0.3) is 9.05 Å². The number of carbonyl (C=O) groups excluding carboxylic acids is 1. The van der Waals surface area contributed by atoms with Crippen LogP contribution >= 0.6 is 10.7 Å². The topological polar surface area (TPSA) is 71.4 Å². The SMILES string of the molecule is O=Cc1cc(S(=O)(=O)Cl)cc(F)c1O. The molecule has 0 saturated carbocycles. The highest BCUT2D eigenvalue weighted by Crippen LogP contribution is 2.25. The van der Waals surface area contributed by atoms with Gasteiger partial charge in [-0.2, -0.15) is 0 Å². The maximum atomic E-state index is 12.8. The van der Waals surface area contributed by atoms with Crippen molar-refractivity contribution in [1.29, 1.82) is 0 Å². The Morgan fingerprint density at radius 2 is 2.00 bits per heavy atom. The minimum Gasteiger partial charge on any atom is -0.504 e. The summed E-state index contributed by atoms with van der Waals surface area (Å²) < 4.78 is 34.4. The summed E-state index contributed by atoms with van der Waals surface area (Å²) in [5, 5.41) is 8.94. The minimum absolute atomic E-state index is 0.129. The highest BCUT2D eigenvalue weighted by molar-refractivity contribution is 8.13. The molecule has 0 unspecified atom stereocenters. The van der Waals surface area contributed by atoms with Crippen LogP contribution in [0.4, 0.5) is 4.39 Å². The molecule has 0 saturated heterocycles. The summed E-state index contributed by atoms with van der Waals surface area (Å²) in [4.78, 5) is 9.72. The molecule has 0 fully saturated rings. The van der Waals surface area contributed by atoms with Crippen molar-refractivity contribution in [2.75, 3.05) is 0 Å². The van der Waals surface area contributed by atoms with Crippen LogP contribution in [0.15, 0.2) is 17.0 Å². The van der Waals surface area contributed by atoms with E-state index in [-0.39, 0.29) is 6.29 Å². The van der Waals surface area contributed by atoms with Gasteiger partial charge in [-0.15, -0.1) is 0 Å². The van der Waals surface area contributed by atoms with E-state index in [9.17, 15) is 17.6 Å². The third-order valence-electron chi connectivity index (χ3n) is 1.47. The predicted molar refractivity (Wildman–Crippen MR) is 46.5 cm³/mol. The van der Waals surface area contributed by atoms with Crippen molar-refractivity contribution in [2.24, 2.45) is 0 Å². The van der Waals surface area contributed by atoms with E-state index in [0.717, 1.165) is 6.07 Å². The molecule has 0 aliphatic heterocycles. The number of phenols is 1. The number of hydrogen-bond donors (Lipinski definition) is 1. The Balaban J connectivity index is 3.53. The normalized spacial score (nSPS) is 11.3. The van der Waals surface area contributed by atoms with Crippen LogP contribution in [0.1, 0.15) is 10.4 Å². The Hall–Kier alpha value is -1.14. The van der Waals surface area contributed by atoms with E-state index in [0.29, 0.717) is 6.07 Å². The first kappa shape index (κ1) is 10.9. The predicted octanol–water partition coefficient (Wildman–Crippen LogP) is 1.27. The summed E-state index contributed by atoms with van der Waals surface area (Å²) in [6, 6.07) is 1.32. The van der Waals surface area contributed by atoms with Gasteiger partial charge < -0.3 is 5.11 Å². The first-order chi connectivity index (χ1) is 6.36. The molecule has 4 nitrogen and oxygen atoms in total. The molecule has 0 radical (unpaired) electrons. The van der Waals surface area contributed by atoms with Gasteiger partial charge in [-0.3, -0.25) is 4.79 Å². The molecule has 14 heavy (non-hydrogen) atoms. The standard InChI is InChI=1S/C7H4ClFO4S/c8-14(12,13)5-1-4(3-10)7(11)6(9)2-5/h1-3,11H. The zero-order valence-electron chi connectivity index (χ0n) is 6.57. The molecule has 1 aromatic rings. The second-order valence-corrected chi connectivity index (χ2v) is 4.96. The number of halogens is 2. The van der Waals surface area contributed by atoms with Crippen LogP contribution < -0.4 is 0 Å². The largest absolute Gasteiger partial charge is 0.504 e. The van der Waals surface area contributed by atoms with Gasteiger partial charge >= 0.3 is 0 Å². The van der Waals surface area contributed by atoms with E-state index >= 15 is 0 Å². The van der Waals surface area contributed by atoms with E-state index < -0.39 is 31.1 Å². The Labute approximate surface area is 83.4 Å². The van der Waals surface area contributed by atoms with Gasteiger partial charge in [0, 0.05) is 10.7 Å². The summed E-state index contributed by atoms with van der Waals surface area (Å²) >= 11 is 0. The molecule has 1 rings (SSSR count). The fourth-order valence-corrected chi connectivity index (χ4v) is 1.60. The first-order valence-electron chi connectivity index (χ1n) is 3.28. The van der Waals surface area contributed by atoms with E-state index in [1.807, 2.05) is 0 Å². The number of phenolic OH excluding ortho intramolecular Hbond substituents is 1. The quantitative estimate of drug-likeness (QED) is 0.622. The molecule has 7 heteroatoms. The highest BCUT2D eigenvalue weighted by atomic mass is 35.7. The fourth-order valence-electron chi connectivity index (χ4n) is 0.825. The minimum atomic E-state index is -4.11. The van der Waals surface area contributed by atoms with Crippen LogP contribution in [-0.2, 0) is 9.05 Å². The zero-order valence-corrected chi connectivity index (χ0v) is 8.14. The van der Waals surface area contributed by atoms with Crippen LogP contribution in [0.5, 0.6) is 5.75 Å². The number of hydrogen-bond acceptors (Lipinski definition) is 4. The Kier molecular flexibility index (Phi) is 2.77. The maximum Gasteiger partial charge on any atom is 0.261 e. The van der Waals surface area contributed by atoms with E-state index in [4.69, 9.17) is 15.8 Å². The molecular formula is C7H4ClFO4S. The van der Waals surface area contributed by atoms with Crippen LogP contribution in [0, 0.1) is 5.82 Å². The molecule has 1 N–H and O–H groups in total. The molecule has 0 bridgehead atoms. The lowest BCUT2D eigenvalue weighted by molar-refractivity contribution is 0.112. The smallest absolute Gasteiger partial charge is 0.261 e. The first-order valence-corrected chi connectivity index (χ1v) is 5.59. The summed E-state index contributed by atoms with van der Waals surface area (Å²) in [6.45, 7) is 0. The average Bonchev–Trinajstić information content (AvgIpc) is 2.07. The van der Waals surface area contributed by atoms with Gasteiger partial charge in [-0.05, 0) is 12.1 Å². The Morgan fingerprint density at radius 3 is 2.43 bits per heavy atom. The average molecular weight is 239 g/mol. The molecule has 0 amide bonds. The fraction of sp³-hybridized carbons (Fsp3) is 0. The van der Waals surface area contributed by atoms with E-state index in [1.165, 1.54) is 0 Å². The molecule has 0 atom stereocenters. The van der Waals surface area contributed by atoms with Gasteiger partial charge in [0.15, 0.2) is 17.9 Å². The van der Waals surface area contributed by atoms with Crippen molar-refractivity contribution in [3.8, 4) is 5.75 Å². The molecule has 0 aliphatic rings. The van der Waals surface area contributed by atoms with Crippen molar-refractivity contribution in [1.82, 2.24) is 0 Å². The Bertz CT molecular complexity index is 483. The van der Waals surface area contributed by atoms with Gasteiger partial charge in [0.05, 0.1) is 10.5 Å². The molecular weight excluding hydrogens is 235 g/mol. The number of aldehydes is 1. The Morgan fingerprint density at radius 1 is 1.43 bits per heavy atom. The van der Waals surface area contributed by atoms with Crippen molar-refractivity contribution < 1.29 is 22.7 Å². The van der Waals surface area contributed by atoms with Crippen molar-refractivity contribution in [3.63, 3.8) is 0 Å². The van der Waals surface area contributed by atoms with Crippen LogP contribution in [-0.4, -0.2) is 19.8 Å². The third kappa shape index (κ3) is 2.02. The van der Waals surface area contributed by atoms with Crippen molar-refractivity contribution >= 4 is 26.0 Å². The molecule has 76 valence electrons. The van der Waals surface area contributed by atoms with Gasteiger partial charge in [-0.25, -0.2) is 12.8 Å². The van der Waals surface area contributed by atoms with Crippen LogP contribution in [0.3, 0.4) is 0 Å². The lowest BCUT2D eigenvalue weighted by atomic mass is 10.2. The summed E-state index contributed by atoms with van der Waals surface area (Å²) in [5.41, 5.74) is -0.468. The van der Waals surface area contributed by atoms with Crippen LogP contribution in [0.25, 0.3) is 0 Å². The monoisotopic (exact) mass is 238 g/mol. The highest BCUT2D eigenvalue weighted by Gasteiger charge is 2.16. The molecule has 0 spiro atoms. The molecule has 1 aromatic carbocycles. The van der Waals surface area contributed by atoms with Crippen LogP contribution in [0.2, 0.25) is 0 Å². The third-order valence-corrected chi connectivity index (χ3v) is 2.81. The summed E-state index contributed by atoms with van der Waals surface area (Å²) in [7, 11) is 0.807. The number of aromatic hydroxyl groups is 1. The molecule has 0 aromatic heterocycles. The van der Waals surface area contributed by atoms with E-state index in [2.05, 4.69) is 0 Å².